The first-order valence-electron chi connectivity index (χ1n) is 32.7. The van der Waals surface area contributed by atoms with Crippen molar-refractivity contribution in [2.75, 3.05) is 0 Å². The molecule has 0 spiro atoms. The molecule has 2 aliphatic rings. The van der Waals surface area contributed by atoms with Crippen LogP contribution in [0.25, 0.3) is 61.0 Å². The van der Waals surface area contributed by atoms with E-state index < -0.39 is 17.7 Å². The fourth-order valence-electron chi connectivity index (χ4n) is 12.1. The molecule has 0 fully saturated rings. The molecule has 0 N–H and O–H groups in total. The monoisotopic (exact) mass is 1300 g/mol. The van der Waals surface area contributed by atoms with Crippen molar-refractivity contribution in [3.05, 3.63) is 215 Å². The number of nitrogens with zero attached hydrogens (tertiary/aromatic N) is 4. The van der Waals surface area contributed by atoms with Gasteiger partial charge in [0.05, 0.1) is 15.2 Å². The Labute approximate surface area is 528 Å². The maximum absolute atomic E-state index is 9.77. The number of pyridine rings is 1. The SMILES string of the molecule is [2H]c1c([2H])c2c(c([2H])c1-c1cnc(-n3c4[c-]c(Oc5[c-]c([N+]6=C=[N+](c7c(-c8cccc(C(C)(C)C)c8)cc(C(C)(C)C)cc7-c7cccc(C(C)(C)C)c7)c7ccccc76)ccc5)ccc4c4ccc(C(C)(C)C)cc43)cc1C([2H])([2H])[2H])C(C)(C)CCC2(C)C.[Pt+2]. The van der Waals surface area contributed by atoms with E-state index >= 15 is 0 Å². The predicted molar refractivity (Wildman–Crippen MR) is 355 cm³/mol. The van der Waals surface area contributed by atoms with E-state index in [9.17, 15) is 4.11 Å². The van der Waals surface area contributed by atoms with E-state index in [0.29, 0.717) is 39.6 Å². The summed E-state index contributed by atoms with van der Waals surface area (Å²) in [6.45, 7) is 32.5. The van der Waals surface area contributed by atoms with Crippen molar-refractivity contribution in [1.82, 2.24) is 18.7 Å². The number of benzene rings is 8. The van der Waals surface area contributed by atoms with Crippen molar-refractivity contribution in [2.45, 2.75) is 163 Å². The van der Waals surface area contributed by atoms with Gasteiger partial charge < -0.3 is 9.30 Å². The van der Waals surface area contributed by atoms with E-state index in [4.69, 9.17) is 13.8 Å². The molecular formula is C79H82N4OPt+2. The van der Waals surface area contributed by atoms with E-state index in [0.717, 1.165) is 74.0 Å². The topological polar surface area (TPSA) is 33.1 Å². The van der Waals surface area contributed by atoms with Crippen LogP contribution in [0.4, 0.5) is 22.7 Å². The summed E-state index contributed by atoms with van der Waals surface area (Å²) in [5.74, 6) is 1.18. The zero-order chi connectivity index (χ0) is 64.7. The first kappa shape index (κ1) is 52.0. The first-order chi connectivity index (χ1) is 42.0. The molecule has 0 radical (unpaired) electrons. The number of rotatable bonds is 8. The van der Waals surface area contributed by atoms with Crippen molar-refractivity contribution >= 4 is 50.6 Å². The summed E-state index contributed by atoms with van der Waals surface area (Å²) in [5.41, 5.74) is 14.4. The smallest absolute Gasteiger partial charge is 0.509 e. The summed E-state index contributed by atoms with van der Waals surface area (Å²) in [6.07, 6.45) is 3.08. The van der Waals surface area contributed by atoms with Crippen LogP contribution >= 0.6 is 0 Å². The molecule has 0 saturated heterocycles. The summed E-state index contributed by atoms with van der Waals surface area (Å²) in [4.78, 5) is 5.06. The minimum absolute atomic E-state index is 0. The zero-order valence-electron chi connectivity index (χ0n) is 58.3. The first-order valence-corrected chi connectivity index (χ1v) is 29.7. The fourth-order valence-corrected chi connectivity index (χ4v) is 12.1. The molecule has 5 nitrogen and oxygen atoms in total. The Morgan fingerprint density at radius 1 is 0.553 bits per heavy atom. The van der Waals surface area contributed by atoms with Crippen LogP contribution in [-0.4, -0.2) is 15.6 Å². The van der Waals surface area contributed by atoms with Gasteiger partial charge in [0.25, 0.3) is 11.4 Å². The Morgan fingerprint density at radius 2 is 1.12 bits per heavy atom. The summed E-state index contributed by atoms with van der Waals surface area (Å²) in [6, 6.07) is 59.9. The number of aryl methyl sites for hydroxylation is 1. The second-order valence-corrected chi connectivity index (χ2v) is 28.9. The molecule has 12 rings (SSSR count). The van der Waals surface area contributed by atoms with Gasteiger partial charge in [-0.25, -0.2) is 4.98 Å². The zero-order valence-corrected chi connectivity index (χ0v) is 54.6. The molecule has 0 amide bonds. The quantitative estimate of drug-likeness (QED) is 0.112. The summed E-state index contributed by atoms with van der Waals surface area (Å²) >= 11 is 0. The van der Waals surface area contributed by atoms with Crippen molar-refractivity contribution < 1.29 is 34.0 Å². The summed E-state index contributed by atoms with van der Waals surface area (Å²) in [5, 5.41) is 1.78. The van der Waals surface area contributed by atoms with E-state index in [2.05, 4.69) is 241 Å². The van der Waals surface area contributed by atoms with Gasteiger partial charge in [-0.15, -0.1) is 23.6 Å². The van der Waals surface area contributed by atoms with Gasteiger partial charge in [-0.1, -0.05) is 224 Å². The van der Waals surface area contributed by atoms with Gasteiger partial charge in [0.1, 0.15) is 11.5 Å². The van der Waals surface area contributed by atoms with Crippen molar-refractivity contribution in [3.63, 3.8) is 0 Å². The van der Waals surface area contributed by atoms with Crippen molar-refractivity contribution in [1.29, 1.82) is 0 Å². The average Bonchev–Trinajstić information content (AvgIpc) is 1.55. The molecule has 1 aliphatic heterocycles. The summed E-state index contributed by atoms with van der Waals surface area (Å²) in [7, 11) is 0. The number of aromatic nitrogens is 2. The number of ether oxygens (including phenoxy) is 1. The van der Waals surface area contributed by atoms with Crippen LogP contribution < -0.4 is 13.9 Å². The molecule has 85 heavy (non-hydrogen) atoms. The minimum Gasteiger partial charge on any atom is -0.509 e. The average molecular weight is 1300 g/mol. The molecule has 432 valence electrons. The van der Waals surface area contributed by atoms with Crippen molar-refractivity contribution in [2.24, 2.45) is 0 Å². The van der Waals surface area contributed by atoms with Gasteiger partial charge in [-0.3, -0.25) is 0 Å². The number of para-hydroxylation sites is 2. The Balaban J connectivity index is 0.00000850. The van der Waals surface area contributed by atoms with Crippen LogP contribution in [-0.2, 0) is 53.6 Å². The molecule has 8 aromatic carbocycles. The van der Waals surface area contributed by atoms with Gasteiger partial charge in [-0.05, 0) is 142 Å². The van der Waals surface area contributed by atoms with E-state index in [1.54, 1.807) is 6.07 Å². The molecule has 1 aliphatic carbocycles. The third kappa shape index (κ3) is 11.0. The fraction of sp³-hybridized carbons (Fsp3) is 0.316. The van der Waals surface area contributed by atoms with E-state index in [1.165, 1.54) is 22.9 Å². The third-order valence-corrected chi connectivity index (χ3v) is 17.5. The van der Waals surface area contributed by atoms with Crippen LogP contribution in [0, 0.1) is 19.0 Å². The Hall–Kier alpha value is -7.42. The normalized spacial score (nSPS) is 16.0. The van der Waals surface area contributed by atoms with Gasteiger partial charge in [0, 0.05) is 45.0 Å². The molecule has 0 unspecified atom stereocenters. The maximum atomic E-state index is 9.77. The van der Waals surface area contributed by atoms with Gasteiger partial charge >= 0.3 is 27.1 Å². The molecular weight excluding hydrogens is 1220 g/mol. The van der Waals surface area contributed by atoms with Crippen LogP contribution in [0.3, 0.4) is 0 Å². The Kier molecular flexibility index (Phi) is 13.0. The van der Waals surface area contributed by atoms with Gasteiger partial charge in [0.2, 0.25) is 5.69 Å². The standard InChI is InChI=1S/C79H82N4O.Pt/c1-50-39-72(80-48-65(50)53-31-36-66-67(42-53)79(16,17)38-37-78(66,14)15)83-70-45-56(76(8,9)10)32-34-61(70)62-35-33-60(47-71(62)83)84-59-28-22-27-58(46-59)81-49-82(69-30-19-18-29-68(69)81)73-63(51-23-20-25-54(40-51)74(2,3)4)43-57(77(11,12)13)44-64(73)52-24-21-26-55(41-52)75(5,6)7;/h18-36,39-45,48H,37-38H2,1-17H3;/q;+2/i1D3,31D,36D,42D;. The second kappa shape index (κ2) is 21.2. The van der Waals surface area contributed by atoms with Crippen LogP contribution in [0.5, 0.6) is 11.5 Å². The van der Waals surface area contributed by atoms with Crippen molar-refractivity contribution in [3.8, 4) is 50.7 Å². The minimum atomic E-state index is -2.69. The molecule has 6 heteroatoms. The number of hydrogen-bond acceptors (Lipinski definition) is 2. The predicted octanol–water partition coefficient (Wildman–Crippen LogP) is 21.3. The van der Waals surface area contributed by atoms with Crippen LogP contribution in [0.1, 0.15) is 171 Å². The molecule has 3 heterocycles. The van der Waals surface area contributed by atoms with Gasteiger partial charge in [0.15, 0.2) is 0 Å². The second-order valence-electron chi connectivity index (χ2n) is 28.9. The van der Waals surface area contributed by atoms with E-state index in [-0.39, 0.29) is 77.5 Å². The Morgan fingerprint density at radius 3 is 1.73 bits per heavy atom. The summed E-state index contributed by atoms with van der Waals surface area (Å²) < 4.78 is 68.8. The van der Waals surface area contributed by atoms with Crippen LogP contribution in [0.15, 0.2) is 164 Å². The Bertz CT molecular complexity index is 4610. The largest absolute Gasteiger partial charge is 2.00 e. The van der Waals surface area contributed by atoms with E-state index in [1.807, 2.05) is 34.9 Å². The number of fused-ring (bicyclic) bond motifs is 5. The molecule has 0 saturated carbocycles. The molecule has 0 atom stereocenters. The van der Waals surface area contributed by atoms with Crippen LogP contribution in [0.2, 0.25) is 0 Å². The molecule has 0 bridgehead atoms. The maximum Gasteiger partial charge on any atom is 2.00 e. The third-order valence-electron chi connectivity index (χ3n) is 17.5. The number of hydrogen-bond donors (Lipinski definition) is 0. The molecule has 2 aromatic heterocycles. The molecule has 10 aromatic rings. The van der Waals surface area contributed by atoms with Gasteiger partial charge in [-0.2, -0.15) is 12.1 Å².